The third kappa shape index (κ3) is 3.57. The average Bonchev–Trinajstić information content (AvgIpc) is 2.83. The lowest BCUT2D eigenvalue weighted by Gasteiger charge is -2.07. The van der Waals surface area contributed by atoms with Crippen LogP contribution in [-0.4, -0.2) is 5.91 Å². The van der Waals surface area contributed by atoms with Gasteiger partial charge in [-0.2, -0.15) is 5.26 Å². The molecule has 96 valence electrons. The summed E-state index contributed by atoms with van der Waals surface area (Å²) in [6.07, 6.45) is 0. The van der Waals surface area contributed by atoms with E-state index in [1.165, 1.54) is 6.92 Å². The van der Waals surface area contributed by atoms with E-state index in [-0.39, 0.29) is 5.91 Å². The monoisotopic (exact) mass is 271 g/mol. The van der Waals surface area contributed by atoms with Crippen LogP contribution in [0.5, 0.6) is 0 Å². The zero-order valence-electron chi connectivity index (χ0n) is 10.4. The molecule has 0 aliphatic heterocycles. The Morgan fingerprint density at radius 1 is 1.32 bits per heavy atom. The summed E-state index contributed by atoms with van der Waals surface area (Å²) in [4.78, 5) is 12.1. The summed E-state index contributed by atoms with van der Waals surface area (Å²) in [6, 6.07) is 11.2. The summed E-state index contributed by atoms with van der Waals surface area (Å²) in [7, 11) is 0. The van der Waals surface area contributed by atoms with Crippen LogP contribution < -0.4 is 10.6 Å². The van der Waals surface area contributed by atoms with Crippen LogP contribution in [0.2, 0.25) is 0 Å². The number of carbonyl (C=O) groups excluding carboxylic acids is 1. The lowest BCUT2D eigenvalue weighted by atomic mass is 10.2. The highest BCUT2D eigenvalue weighted by Crippen LogP contribution is 2.23. The first-order valence-electron chi connectivity index (χ1n) is 5.77. The zero-order valence-corrected chi connectivity index (χ0v) is 11.3. The van der Waals surface area contributed by atoms with E-state index in [0.717, 1.165) is 16.3 Å². The largest absolute Gasteiger partial charge is 0.380 e. The first-order valence-corrected chi connectivity index (χ1v) is 6.65. The van der Waals surface area contributed by atoms with Crippen molar-refractivity contribution in [1.29, 1.82) is 5.26 Å². The van der Waals surface area contributed by atoms with Crippen molar-refractivity contribution in [2.45, 2.75) is 13.5 Å². The van der Waals surface area contributed by atoms with Crippen LogP contribution in [0, 0.1) is 11.3 Å². The Hall–Kier alpha value is -2.32. The first kappa shape index (κ1) is 13.1. The van der Waals surface area contributed by atoms with Gasteiger partial charge in [-0.3, -0.25) is 4.79 Å². The van der Waals surface area contributed by atoms with Crippen molar-refractivity contribution in [3.63, 3.8) is 0 Å². The van der Waals surface area contributed by atoms with Gasteiger partial charge in [-0.15, -0.1) is 11.3 Å². The Kier molecular flexibility index (Phi) is 4.16. The Balaban J connectivity index is 2.00. The minimum Gasteiger partial charge on any atom is -0.380 e. The number of thiophene rings is 1. The second kappa shape index (κ2) is 6.03. The molecule has 5 heteroatoms. The maximum atomic E-state index is 11.1. The molecule has 0 saturated heterocycles. The molecule has 0 fully saturated rings. The van der Waals surface area contributed by atoms with Gasteiger partial charge >= 0.3 is 0 Å². The molecule has 19 heavy (non-hydrogen) atoms. The van der Waals surface area contributed by atoms with Crippen LogP contribution in [0.3, 0.4) is 0 Å². The van der Waals surface area contributed by atoms with Crippen LogP contribution >= 0.6 is 11.3 Å². The number of hydrogen-bond acceptors (Lipinski definition) is 4. The van der Waals surface area contributed by atoms with Gasteiger partial charge in [0.25, 0.3) is 0 Å². The molecule has 0 bridgehead atoms. The van der Waals surface area contributed by atoms with Gasteiger partial charge in [0.2, 0.25) is 5.91 Å². The van der Waals surface area contributed by atoms with E-state index in [1.54, 1.807) is 23.5 Å². The molecule has 0 saturated carbocycles. The minimum absolute atomic E-state index is 0.0713. The molecule has 1 heterocycles. The molecular weight excluding hydrogens is 258 g/mol. The quantitative estimate of drug-likeness (QED) is 0.897. The van der Waals surface area contributed by atoms with Crippen molar-refractivity contribution in [1.82, 2.24) is 0 Å². The van der Waals surface area contributed by atoms with Crippen LogP contribution in [0.25, 0.3) is 0 Å². The first-order chi connectivity index (χ1) is 9.19. The molecule has 2 rings (SSSR count). The van der Waals surface area contributed by atoms with Gasteiger partial charge in [0, 0.05) is 17.5 Å². The van der Waals surface area contributed by atoms with Crippen molar-refractivity contribution in [2.24, 2.45) is 0 Å². The molecule has 2 aromatic rings. The van der Waals surface area contributed by atoms with E-state index in [4.69, 9.17) is 5.26 Å². The number of amides is 1. The normalized spacial score (nSPS) is 9.68. The van der Waals surface area contributed by atoms with Crippen molar-refractivity contribution >= 4 is 28.6 Å². The second-order valence-electron chi connectivity index (χ2n) is 3.98. The van der Waals surface area contributed by atoms with E-state index in [9.17, 15) is 4.79 Å². The Morgan fingerprint density at radius 2 is 2.05 bits per heavy atom. The lowest BCUT2D eigenvalue weighted by Crippen LogP contribution is -2.08. The lowest BCUT2D eigenvalue weighted by molar-refractivity contribution is -0.114. The predicted octanol–water partition coefficient (Wildman–Crippen LogP) is 3.19. The summed E-state index contributed by atoms with van der Waals surface area (Å²) < 4.78 is 0. The Morgan fingerprint density at radius 3 is 2.68 bits per heavy atom. The van der Waals surface area contributed by atoms with E-state index >= 15 is 0 Å². The van der Waals surface area contributed by atoms with E-state index in [1.807, 2.05) is 23.6 Å². The van der Waals surface area contributed by atoms with Crippen LogP contribution in [0.1, 0.15) is 17.4 Å². The van der Waals surface area contributed by atoms with Gasteiger partial charge < -0.3 is 10.6 Å². The summed E-state index contributed by atoms with van der Waals surface area (Å²) in [6.45, 7) is 2.13. The number of rotatable bonds is 4. The highest BCUT2D eigenvalue weighted by molar-refractivity contribution is 7.10. The number of anilines is 2. The van der Waals surface area contributed by atoms with Gasteiger partial charge in [-0.1, -0.05) is 0 Å². The second-order valence-corrected chi connectivity index (χ2v) is 4.98. The molecule has 1 amide bonds. The fourth-order valence-electron chi connectivity index (χ4n) is 1.62. The van der Waals surface area contributed by atoms with Gasteiger partial charge in [0.15, 0.2) is 0 Å². The molecule has 0 radical (unpaired) electrons. The van der Waals surface area contributed by atoms with Gasteiger partial charge in [0.1, 0.15) is 0 Å². The summed E-state index contributed by atoms with van der Waals surface area (Å²) >= 11 is 1.59. The summed E-state index contributed by atoms with van der Waals surface area (Å²) in [5.74, 6) is -0.0713. The van der Waals surface area contributed by atoms with Crippen LogP contribution in [0.15, 0.2) is 35.7 Å². The molecule has 1 aromatic carbocycles. The van der Waals surface area contributed by atoms with Crippen LogP contribution in [0.4, 0.5) is 11.4 Å². The number of nitrogens with zero attached hydrogens (tertiary/aromatic N) is 1. The standard InChI is InChI=1S/C14H13N3OS/c1-10(18)17-13-6-7-19-14(13)9-16-12-4-2-11(8-15)3-5-12/h2-7,16H,9H2,1H3,(H,17,18). The van der Waals surface area contributed by atoms with E-state index in [2.05, 4.69) is 16.7 Å². The number of nitriles is 1. The zero-order chi connectivity index (χ0) is 13.7. The minimum atomic E-state index is -0.0713. The highest BCUT2D eigenvalue weighted by Gasteiger charge is 2.05. The Bertz CT molecular complexity index is 610. The maximum Gasteiger partial charge on any atom is 0.221 e. The fourth-order valence-corrected chi connectivity index (χ4v) is 2.39. The van der Waals surface area contributed by atoms with Gasteiger partial charge in [-0.25, -0.2) is 0 Å². The number of nitrogens with one attached hydrogen (secondary N) is 2. The third-order valence-corrected chi connectivity index (χ3v) is 3.44. The molecule has 1 aromatic heterocycles. The van der Waals surface area contributed by atoms with E-state index < -0.39 is 0 Å². The van der Waals surface area contributed by atoms with Crippen molar-refractivity contribution in [3.8, 4) is 6.07 Å². The highest BCUT2D eigenvalue weighted by atomic mass is 32.1. The average molecular weight is 271 g/mol. The molecular formula is C14H13N3OS. The number of benzene rings is 1. The summed E-state index contributed by atoms with van der Waals surface area (Å²) in [5, 5.41) is 16.7. The molecule has 2 N–H and O–H groups in total. The topological polar surface area (TPSA) is 64.9 Å². The predicted molar refractivity (Wildman–Crippen MR) is 77.1 cm³/mol. The van der Waals surface area contributed by atoms with E-state index in [0.29, 0.717) is 12.1 Å². The SMILES string of the molecule is CC(=O)Nc1ccsc1CNc1ccc(C#N)cc1. The van der Waals surface area contributed by atoms with Crippen molar-refractivity contribution in [3.05, 3.63) is 46.2 Å². The molecule has 0 atom stereocenters. The van der Waals surface area contributed by atoms with Crippen LogP contribution in [-0.2, 0) is 11.3 Å². The smallest absolute Gasteiger partial charge is 0.221 e. The number of carbonyl (C=O) groups is 1. The maximum absolute atomic E-state index is 11.1. The van der Waals surface area contributed by atoms with Crippen molar-refractivity contribution in [2.75, 3.05) is 10.6 Å². The number of hydrogen-bond donors (Lipinski definition) is 2. The van der Waals surface area contributed by atoms with Gasteiger partial charge in [0.05, 0.1) is 23.9 Å². The molecule has 4 nitrogen and oxygen atoms in total. The molecule has 0 aliphatic rings. The van der Waals surface area contributed by atoms with Gasteiger partial charge in [-0.05, 0) is 35.7 Å². The third-order valence-electron chi connectivity index (χ3n) is 2.52. The Labute approximate surface area is 115 Å². The summed E-state index contributed by atoms with van der Waals surface area (Å²) in [5.41, 5.74) is 2.43. The molecule has 0 spiro atoms. The fraction of sp³-hybridized carbons (Fsp3) is 0.143. The van der Waals surface area contributed by atoms with Crippen molar-refractivity contribution < 1.29 is 4.79 Å². The molecule has 0 aliphatic carbocycles. The molecule has 0 unspecified atom stereocenters.